The number of rotatable bonds is 5. The molecule has 0 unspecified atom stereocenters. The average molecular weight is 362 g/mol. The summed E-state index contributed by atoms with van der Waals surface area (Å²) in [5, 5.41) is 3.28. The van der Waals surface area contributed by atoms with Gasteiger partial charge in [-0.25, -0.2) is 9.50 Å². The molecule has 0 aliphatic rings. The number of hydrogen-bond donors (Lipinski definition) is 1. The quantitative estimate of drug-likeness (QED) is 0.706. The Kier molecular flexibility index (Phi) is 4.26. The first-order valence-corrected chi connectivity index (χ1v) is 10.9. The maximum Gasteiger partial charge on any atom is 0.301 e. The van der Waals surface area contributed by atoms with Crippen LogP contribution in [0.15, 0.2) is 17.2 Å². The summed E-state index contributed by atoms with van der Waals surface area (Å²) in [7, 11) is -0.224. The zero-order valence-corrected chi connectivity index (χ0v) is 17.0. The smallest absolute Gasteiger partial charge is 0.301 e. The molecule has 0 radical (unpaired) electrons. The van der Waals surface area contributed by atoms with Crippen molar-refractivity contribution in [1.82, 2.24) is 24.1 Å². The molecule has 0 aliphatic heterocycles. The van der Waals surface area contributed by atoms with Crippen molar-refractivity contribution in [2.24, 2.45) is 7.05 Å². The van der Waals surface area contributed by atoms with Crippen molar-refractivity contribution in [2.45, 2.75) is 58.2 Å². The number of fused-ring (bicyclic) bond motifs is 3. The fourth-order valence-corrected chi connectivity index (χ4v) is 9.41. The fraction of sp³-hybridized carbons (Fsp3) is 0.588. The van der Waals surface area contributed by atoms with Gasteiger partial charge in [0.15, 0.2) is 22.7 Å². The van der Waals surface area contributed by atoms with E-state index in [4.69, 9.17) is 4.43 Å². The first-order valence-electron chi connectivity index (χ1n) is 8.80. The second kappa shape index (κ2) is 6.01. The summed E-state index contributed by atoms with van der Waals surface area (Å²) < 4.78 is 10.3. The van der Waals surface area contributed by atoms with Crippen LogP contribution >= 0.6 is 0 Å². The summed E-state index contributed by atoms with van der Waals surface area (Å²) in [6.07, 6.45) is 1.62. The van der Waals surface area contributed by atoms with Gasteiger partial charge >= 0.3 is 5.56 Å². The van der Waals surface area contributed by atoms with E-state index in [1.807, 2.05) is 17.7 Å². The molecule has 3 aromatic heterocycles. The van der Waals surface area contributed by atoms with Crippen molar-refractivity contribution in [2.75, 3.05) is 0 Å². The lowest BCUT2D eigenvalue weighted by Crippen LogP contribution is -2.50. The molecule has 7 nitrogen and oxygen atoms in total. The van der Waals surface area contributed by atoms with E-state index in [1.54, 1.807) is 10.8 Å². The molecule has 0 amide bonds. The summed E-state index contributed by atoms with van der Waals surface area (Å²) in [5.74, 6) is 0.670. The molecule has 3 aromatic rings. The highest BCUT2D eigenvalue weighted by Crippen LogP contribution is 2.42. The molecule has 136 valence electrons. The van der Waals surface area contributed by atoms with Crippen LogP contribution in [-0.4, -0.2) is 32.5 Å². The van der Waals surface area contributed by atoms with Gasteiger partial charge in [0, 0.05) is 13.1 Å². The number of nitrogens with one attached hydrogen (secondary N) is 1. The molecule has 1 N–H and O–H groups in total. The summed E-state index contributed by atoms with van der Waals surface area (Å²) >= 11 is 0. The zero-order chi connectivity index (χ0) is 18.5. The van der Waals surface area contributed by atoms with Crippen molar-refractivity contribution in [1.29, 1.82) is 0 Å². The van der Waals surface area contributed by atoms with E-state index in [1.165, 1.54) is 0 Å². The number of aromatic nitrogens is 5. The van der Waals surface area contributed by atoms with Crippen LogP contribution in [0, 0.1) is 0 Å². The Bertz CT molecular complexity index is 945. The molecule has 3 heterocycles. The lowest BCUT2D eigenvalue weighted by molar-refractivity contribution is 0.461. The van der Waals surface area contributed by atoms with Crippen LogP contribution in [0.4, 0.5) is 0 Å². The van der Waals surface area contributed by atoms with E-state index in [9.17, 15) is 4.79 Å². The highest BCUT2D eigenvalue weighted by molar-refractivity contribution is 6.78. The number of imidazole rings is 1. The van der Waals surface area contributed by atoms with Gasteiger partial charge in [0.05, 0.1) is 6.33 Å². The minimum atomic E-state index is -2.08. The van der Waals surface area contributed by atoms with Crippen LogP contribution in [0.2, 0.25) is 16.6 Å². The predicted molar refractivity (Wildman–Crippen MR) is 102 cm³/mol. The molecular weight excluding hydrogens is 334 g/mol. The molecule has 0 aliphatic carbocycles. The van der Waals surface area contributed by atoms with Gasteiger partial charge in [-0.3, -0.25) is 9.89 Å². The van der Waals surface area contributed by atoms with Crippen molar-refractivity contribution >= 4 is 25.1 Å². The zero-order valence-electron chi connectivity index (χ0n) is 16.0. The van der Waals surface area contributed by atoms with Gasteiger partial charge in [0.25, 0.3) is 8.32 Å². The SMILES string of the molecule is CC(C)[Si](Oc1cc2nc(=O)c3ncn(C)c3n2[nH]1)(C(C)C)C(C)C. The minimum absolute atomic E-state index is 0.318. The lowest BCUT2D eigenvalue weighted by atomic mass is 10.5. The number of H-pyrrole nitrogens is 1. The van der Waals surface area contributed by atoms with Gasteiger partial charge < -0.3 is 8.99 Å². The maximum absolute atomic E-state index is 12.2. The van der Waals surface area contributed by atoms with Crippen LogP contribution < -0.4 is 9.99 Å². The number of aryl methyl sites for hydroxylation is 1. The lowest BCUT2D eigenvalue weighted by Gasteiger charge is -2.41. The molecule has 0 aromatic carbocycles. The van der Waals surface area contributed by atoms with Crippen LogP contribution in [0.5, 0.6) is 5.88 Å². The van der Waals surface area contributed by atoms with E-state index >= 15 is 0 Å². The van der Waals surface area contributed by atoms with Gasteiger partial charge in [0.1, 0.15) is 0 Å². The third-order valence-electron chi connectivity index (χ3n) is 5.24. The highest BCUT2D eigenvalue weighted by Gasteiger charge is 2.47. The van der Waals surface area contributed by atoms with Crippen LogP contribution in [-0.2, 0) is 7.05 Å². The van der Waals surface area contributed by atoms with E-state index in [-0.39, 0.29) is 5.56 Å². The van der Waals surface area contributed by atoms with E-state index < -0.39 is 8.32 Å². The van der Waals surface area contributed by atoms with Crippen LogP contribution in [0.3, 0.4) is 0 Å². The first-order chi connectivity index (χ1) is 11.7. The van der Waals surface area contributed by atoms with Gasteiger partial charge in [-0.05, 0) is 16.6 Å². The van der Waals surface area contributed by atoms with Gasteiger partial charge in [-0.2, -0.15) is 4.98 Å². The van der Waals surface area contributed by atoms with Gasteiger partial charge in [0.2, 0.25) is 0 Å². The molecule has 0 fully saturated rings. The third-order valence-corrected chi connectivity index (χ3v) is 11.2. The second-order valence-corrected chi connectivity index (χ2v) is 13.1. The largest absolute Gasteiger partial charge is 0.530 e. The Morgan fingerprint density at radius 2 is 1.72 bits per heavy atom. The molecule has 0 atom stereocenters. The Hall–Kier alpha value is -2.09. The Morgan fingerprint density at radius 1 is 1.12 bits per heavy atom. The molecule has 0 bridgehead atoms. The van der Waals surface area contributed by atoms with Crippen molar-refractivity contribution in [3.05, 3.63) is 22.7 Å². The van der Waals surface area contributed by atoms with Crippen molar-refractivity contribution in [3.8, 4) is 5.88 Å². The van der Waals surface area contributed by atoms with E-state index in [0.29, 0.717) is 39.3 Å². The summed E-state index contributed by atoms with van der Waals surface area (Å²) in [6, 6.07) is 1.82. The maximum atomic E-state index is 12.2. The monoisotopic (exact) mass is 361 g/mol. The minimum Gasteiger partial charge on any atom is -0.530 e. The molecule has 8 heteroatoms. The van der Waals surface area contributed by atoms with Crippen molar-refractivity contribution < 1.29 is 4.43 Å². The summed E-state index contributed by atoms with van der Waals surface area (Å²) in [4.78, 5) is 20.5. The molecule has 25 heavy (non-hydrogen) atoms. The molecule has 3 rings (SSSR count). The fourth-order valence-electron chi connectivity index (χ4n) is 4.22. The number of aromatic amines is 1. The van der Waals surface area contributed by atoms with Crippen LogP contribution in [0.25, 0.3) is 16.8 Å². The summed E-state index contributed by atoms with van der Waals surface area (Å²) in [5.41, 5.74) is 2.66. The topological polar surface area (TPSA) is 77.2 Å². The molecule has 0 spiro atoms. The molecule has 0 saturated carbocycles. The Morgan fingerprint density at radius 3 is 2.28 bits per heavy atom. The number of hydrogen-bond acceptors (Lipinski definition) is 4. The normalized spacial score (nSPS) is 13.0. The predicted octanol–water partition coefficient (Wildman–Crippen LogP) is 3.46. The third kappa shape index (κ3) is 2.59. The summed E-state index contributed by atoms with van der Waals surface area (Å²) in [6.45, 7) is 13.5. The average Bonchev–Trinajstić information content (AvgIpc) is 3.07. The first kappa shape index (κ1) is 17.7. The standard InChI is InChI=1S/C17H27N5O2Si/c1-10(2)25(11(3)4,12(5)6)24-14-8-13-19-16(23)15-17(22(13)20-14)21(7)9-18-15/h8-12,20H,1-7H3. The van der Waals surface area contributed by atoms with Gasteiger partial charge in [-0.1, -0.05) is 41.5 Å². The second-order valence-electron chi connectivity index (χ2n) is 7.68. The Balaban J connectivity index is 2.18. The van der Waals surface area contributed by atoms with Crippen LogP contribution in [0.1, 0.15) is 41.5 Å². The van der Waals surface area contributed by atoms with E-state index in [0.717, 1.165) is 0 Å². The van der Waals surface area contributed by atoms with E-state index in [2.05, 4.69) is 56.6 Å². The van der Waals surface area contributed by atoms with Crippen molar-refractivity contribution in [3.63, 3.8) is 0 Å². The highest BCUT2D eigenvalue weighted by atomic mass is 28.4. The number of nitrogens with zero attached hydrogens (tertiary/aromatic N) is 4. The molecule has 0 saturated heterocycles. The molecular formula is C17H27N5O2Si. The van der Waals surface area contributed by atoms with Gasteiger partial charge in [-0.15, -0.1) is 0 Å². The Labute approximate surface area is 148 Å².